The average Bonchev–Trinajstić information content (AvgIpc) is 2.70. The minimum Gasteiger partial charge on any atom is -0.340 e. The second-order valence-electron chi connectivity index (χ2n) is 10.0. The number of amides is 2. The molecular weight excluding hydrogens is 376 g/mol. The van der Waals surface area contributed by atoms with E-state index in [0.29, 0.717) is 11.6 Å². The molecule has 5 rings (SSSR count). The highest BCUT2D eigenvalue weighted by Gasteiger charge is 2.50. The fourth-order valence-electron chi connectivity index (χ4n) is 5.89. The van der Waals surface area contributed by atoms with Gasteiger partial charge >= 0.3 is 0 Å². The van der Waals surface area contributed by atoms with Gasteiger partial charge in [-0.25, -0.2) is 4.98 Å². The van der Waals surface area contributed by atoms with Gasteiger partial charge in [-0.2, -0.15) is 0 Å². The lowest BCUT2D eigenvalue weighted by molar-refractivity contribution is -0.148. The number of nitrogens with zero attached hydrogens (tertiary/aromatic N) is 4. The van der Waals surface area contributed by atoms with E-state index in [1.165, 1.54) is 19.3 Å². The van der Waals surface area contributed by atoms with Crippen LogP contribution in [0, 0.1) is 18.3 Å². The topological polar surface area (TPSA) is 56.8 Å². The highest BCUT2D eigenvalue weighted by Crippen LogP contribution is 2.53. The summed E-state index contributed by atoms with van der Waals surface area (Å²) in [6.07, 6.45) is 8.13. The molecule has 0 unspecified atom stereocenters. The van der Waals surface area contributed by atoms with Crippen LogP contribution in [0.3, 0.4) is 0 Å². The quantitative estimate of drug-likeness (QED) is 0.769. The van der Waals surface area contributed by atoms with E-state index in [-0.39, 0.29) is 17.2 Å². The number of carbonyl (C=O) groups excluding carboxylic acids is 2. The van der Waals surface area contributed by atoms with E-state index in [0.717, 1.165) is 76.7 Å². The molecule has 1 aromatic heterocycles. The van der Waals surface area contributed by atoms with Crippen LogP contribution < -0.4 is 0 Å². The number of hydrogen-bond donors (Lipinski definition) is 0. The van der Waals surface area contributed by atoms with Gasteiger partial charge in [-0.15, -0.1) is 0 Å². The molecule has 0 aromatic carbocycles. The molecule has 2 aliphatic carbocycles. The summed E-state index contributed by atoms with van der Waals surface area (Å²) in [5, 5.41) is 0. The van der Waals surface area contributed by atoms with Gasteiger partial charge in [0.25, 0.3) is 5.91 Å². The molecule has 2 saturated heterocycles. The summed E-state index contributed by atoms with van der Waals surface area (Å²) in [7, 11) is 0. The molecule has 4 fully saturated rings. The second-order valence-corrected chi connectivity index (χ2v) is 10.0. The number of pyridine rings is 1. The highest BCUT2D eigenvalue weighted by atomic mass is 16.2. The van der Waals surface area contributed by atoms with Crippen molar-refractivity contribution in [1.29, 1.82) is 0 Å². The Bertz CT molecular complexity index is 797. The van der Waals surface area contributed by atoms with E-state index in [1.807, 2.05) is 30.0 Å². The Morgan fingerprint density at radius 3 is 2.27 bits per heavy atom. The maximum absolute atomic E-state index is 13.0. The van der Waals surface area contributed by atoms with Crippen LogP contribution in [0.1, 0.15) is 61.1 Å². The highest BCUT2D eigenvalue weighted by molar-refractivity contribution is 5.92. The van der Waals surface area contributed by atoms with Crippen molar-refractivity contribution in [2.45, 2.75) is 57.9 Å². The van der Waals surface area contributed by atoms with Crippen LogP contribution in [0.5, 0.6) is 0 Å². The van der Waals surface area contributed by atoms with Crippen molar-refractivity contribution in [2.24, 2.45) is 11.3 Å². The van der Waals surface area contributed by atoms with Gasteiger partial charge in [-0.05, 0) is 63.0 Å². The molecular formula is C24H34N4O2. The molecule has 4 aliphatic rings. The van der Waals surface area contributed by atoms with E-state index >= 15 is 0 Å². The standard InChI is InChI=1S/C24H34N4O2/c1-18-4-2-7-21(25-18)23(30)27-10-8-24(9-11-27)16-19(17-24)22(29)28-14-12-26(13-15-28)20-5-3-6-20/h2,4,7,19-20H,3,5-6,8-17H2,1H3. The monoisotopic (exact) mass is 410 g/mol. The molecule has 0 atom stereocenters. The van der Waals surface area contributed by atoms with Crippen molar-refractivity contribution in [2.75, 3.05) is 39.3 Å². The molecule has 0 bridgehead atoms. The van der Waals surface area contributed by atoms with Crippen LogP contribution >= 0.6 is 0 Å². The van der Waals surface area contributed by atoms with Crippen molar-refractivity contribution >= 4 is 11.8 Å². The van der Waals surface area contributed by atoms with Crippen LogP contribution in [0.2, 0.25) is 0 Å². The maximum atomic E-state index is 13.0. The number of piperazine rings is 1. The first kappa shape index (κ1) is 20.0. The molecule has 162 valence electrons. The van der Waals surface area contributed by atoms with E-state index in [9.17, 15) is 9.59 Å². The number of carbonyl (C=O) groups is 2. The zero-order valence-corrected chi connectivity index (χ0v) is 18.2. The lowest BCUT2D eigenvalue weighted by Crippen LogP contribution is -2.57. The third kappa shape index (κ3) is 3.75. The van der Waals surface area contributed by atoms with E-state index in [2.05, 4.69) is 14.8 Å². The van der Waals surface area contributed by atoms with Crippen LogP contribution in [-0.4, -0.2) is 76.8 Å². The number of aromatic nitrogens is 1. The molecule has 3 heterocycles. The minimum absolute atomic E-state index is 0.0461. The van der Waals surface area contributed by atoms with Crippen molar-refractivity contribution in [3.8, 4) is 0 Å². The number of aryl methyl sites for hydroxylation is 1. The van der Waals surface area contributed by atoms with Crippen molar-refractivity contribution in [1.82, 2.24) is 19.7 Å². The molecule has 2 amide bonds. The molecule has 2 saturated carbocycles. The zero-order valence-electron chi connectivity index (χ0n) is 18.2. The SMILES string of the molecule is Cc1cccc(C(=O)N2CCC3(CC2)CC(C(=O)N2CCN(C4CCC4)CC2)C3)n1. The van der Waals surface area contributed by atoms with Gasteiger partial charge in [0.05, 0.1) is 0 Å². The molecule has 6 nitrogen and oxygen atoms in total. The number of likely N-dealkylation sites (tertiary alicyclic amines) is 1. The Hall–Kier alpha value is -1.95. The first-order valence-electron chi connectivity index (χ1n) is 11.8. The Labute approximate surface area is 179 Å². The Kier molecular flexibility index (Phi) is 5.30. The zero-order chi connectivity index (χ0) is 20.7. The van der Waals surface area contributed by atoms with Gasteiger partial charge in [0.2, 0.25) is 5.91 Å². The molecule has 1 aromatic rings. The Balaban J connectivity index is 1.08. The number of hydrogen-bond acceptors (Lipinski definition) is 4. The second kappa shape index (κ2) is 7.95. The van der Waals surface area contributed by atoms with Gasteiger partial charge < -0.3 is 9.80 Å². The maximum Gasteiger partial charge on any atom is 0.272 e. The first-order valence-corrected chi connectivity index (χ1v) is 11.8. The van der Waals surface area contributed by atoms with E-state index < -0.39 is 0 Å². The summed E-state index contributed by atoms with van der Waals surface area (Å²) in [5.41, 5.74) is 1.71. The van der Waals surface area contributed by atoms with E-state index in [4.69, 9.17) is 0 Å². The summed E-state index contributed by atoms with van der Waals surface area (Å²) in [5.74, 6) is 0.641. The first-order chi connectivity index (χ1) is 14.5. The Morgan fingerprint density at radius 2 is 1.67 bits per heavy atom. The van der Waals surface area contributed by atoms with Gasteiger partial charge in [-0.3, -0.25) is 14.5 Å². The summed E-state index contributed by atoms with van der Waals surface area (Å²) >= 11 is 0. The lowest BCUT2D eigenvalue weighted by atomic mass is 9.57. The average molecular weight is 411 g/mol. The predicted octanol–water partition coefficient (Wildman–Crippen LogP) is 2.72. The summed E-state index contributed by atoms with van der Waals surface area (Å²) in [6.45, 7) is 7.41. The molecule has 6 heteroatoms. The van der Waals surface area contributed by atoms with Crippen molar-refractivity contribution in [3.05, 3.63) is 29.6 Å². The molecule has 2 aliphatic heterocycles. The smallest absolute Gasteiger partial charge is 0.272 e. The van der Waals surface area contributed by atoms with Gasteiger partial charge in [0.1, 0.15) is 5.69 Å². The fraction of sp³-hybridized carbons (Fsp3) is 0.708. The summed E-state index contributed by atoms with van der Waals surface area (Å²) in [4.78, 5) is 36.8. The molecule has 30 heavy (non-hydrogen) atoms. The van der Waals surface area contributed by atoms with Gasteiger partial charge in [0.15, 0.2) is 0 Å². The van der Waals surface area contributed by atoms with Crippen LogP contribution in [-0.2, 0) is 4.79 Å². The molecule has 1 spiro atoms. The van der Waals surface area contributed by atoms with Crippen molar-refractivity contribution in [3.63, 3.8) is 0 Å². The summed E-state index contributed by atoms with van der Waals surface area (Å²) < 4.78 is 0. The normalized spacial score (nSPS) is 25.1. The number of rotatable bonds is 3. The molecule has 0 N–H and O–H groups in total. The fourth-order valence-corrected chi connectivity index (χ4v) is 5.89. The third-order valence-electron chi connectivity index (χ3n) is 8.14. The third-order valence-corrected chi connectivity index (χ3v) is 8.14. The Morgan fingerprint density at radius 1 is 0.967 bits per heavy atom. The largest absolute Gasteiger partial charge is 0.340 e. The van der Waals surface area contributed by atoms with Gasteiger partial charge in [-0.1, -0.05) is 12.5 Å². The van der Waals surface area contributed by atoms with E-state index in [1.54, 1.807) is 0 Å². The van der Waals surface area contributed by atoms with Gasteiger partial charge in [0, 0.05) is 56.9 Å². The lowest BCUT2D eigenvalue weighted by Gasteiger charge is -2.53. The van der Waals surface area contributed by atoms with Crippen LogP contribution in [0.15, 0.2) is 18.2 Å². The summed E-state index contributed by atoms with van der Waals surface area (Å²) in [6, 6.07) is 6.41. The molecule has 0 radical (unpaired) electrons. The van der Waals surface area contributed by atoms with Crippen LogP contribution in [0.25, 0.3) is 0 Å². The minimum atomic E-state index is 0.0461. The van der Waals surface area contributed by atoms with Crippen LogP contribution in [0.4, 0.5) is 0 Å². The van der Waals surface area contributed by atoms with Crippen molar-refractivity contribution < 1.29 is 9.59 Å². The predicted molar refractivity (Wildman–Crippen MR) is 115 cm³/mol. The number of piperidine rings is 1.